The van der Waals surface area contributed by atoms with Gasteiger partial charge in [-0.25, -0.2) is 4.57 Å². The SMILES string of the molecule is Nc1c(C(=O)NCc2cccnc2)cc2c(=O)n3ccccc3nc2[n+]1CCO. The van der Waals surface area contributed by atoms with Gasteiger partial charge in [-0.2, -0.15) is 0 Å². The van der Waals surface area contributed by atoms with E-state index in [2.05, 4.69) is 15.3 Å². The van der Waals surface area contributed by atoms with E-state index in [0.717, 1.165) is 5.56 Å². The van der Waals surface area contributed by atoms with Crippen LogP contribution in [0.3, 0.4) is 0 Å². The van der Waals surface area contributed by atoms with Gasteiger partial charge >= 0.3 is 0 Å². The molecule has 9 heteroatoms. The normalized spacial score (nSPS) is 11.1. The van der Waals surface area contributed by atoms with Crippen molar-refractivity contribution >= 4 is 28.4 Å². The van der Waals surface area contributed by atoms with Gasteiger partial charge in [0, 0.05) is 25.1 Å². The molecule has 0 saturated heterocycles. The lowest BCUT2D eigenvalue weighted by atomic mass is 10.1. The Bertz CT molecular complexity index is 1270. The summed E-state index contributed by atoms with van der Waals surface area (Å²) in [5.74, 6) is -0.306. The zero-order valence-electron chi connectivity index (χ0n) is 15.4. The van der Waals surface area contributed by atoms with E-state index >= 15 is 0 Å². The van der Waals surface area contributed by atoms with Crippen LogP contribution in [0.2, 0.25) is 0 Å². The highest BCUT2D eigenvalue weighted by Gasteiger charge is 2.24. The van der Waals surface area contributed by atoms with Gasteiger partial charge in [0.05, 0.1) is 13.2 Å². The number of pyridine rings is 3. The maximum Gasteiger partial charge on any atom is 0.278 e. The molecule has 0 fully saturated rings. The third-order valence-corrected chi connectivity index (χ3v) is 4.60. The molecule has 29 heavy (non-hydrogen) atoms. The summed E-state index contributed by atoms with van der Waals surface area (Å²) in [4.78, 5) is 34.3. The summed E-state index contributed by atoms with van der Waals surface area (Å²) in [6.07, 6.45) is 4.91. The zero-order valence-corrected chi connectivity index (χ0v) is 15.4. The van der Waals surface area contributed by atoms with Crippen LogP contribution in [-0.4, -0.2) is 32.0 Å². The quantitative estimate of drug-likeness (QED) is 0.326. The Kier molecular flexibility index (Phi) is 4.88. The van der Waals surface area contributed by atoms with Gasteiger partial charge in [-0.3, -0.25) is 19.0 Å². The highest BCUT2D eigenvalue weighted by molar-refractivity contribution is 6.00. The summed E-state index contributed by atoms with van der Waals surface area (Å²) in [6, 6.07) is 10.3. The number of aliphatic hydroxyl groups is 1. The molecule has 0 aliphatic rings. The lowest BCUT2D eigenvalue weighted by molar-refractivity contribution is -0.660. The van der Waals surface area contributed by atoms with Gasteiger partial charge in [-0.05, 0) is 29.8 Å². The maximum absolute atomic E-state index is 13.0. The number of nitrogens with two attached hydrogens (primary N) is 1. The second-order valence-corrected chi connectivity index (χ2v) is 6.45. The van der Waals surface area contributed by atoms with E-state index in [1.165, 1.54) is 15.0 Å². The van der Waals surface area contributed by atoms with Crippen LogP contribution >= 0.6 is 0 Å². The van der Waals surface area contributed by atoms with Gasteiger partial charge < -0.3 is 16.2 Å². The number of aromatic nitrogens is 4. The van der Waals surface area contributed by atoms with Crippen molar-refractivity contribution in [2.45, 2.75) is 13.1 Å². The van der Waals surface area contributed by atoms with Gasteiger partial charge in [0.25, 0.3) is 17.1 Å². The van der Waals surface area contributed by atoms with Crippen molar-refractivity contribution in [1.29, 1.82) is 0 Å². The summed E-state index contributed by atoms with van der Waals surface area (Å²) in [5.41, 5.74) is 7.65. The number of fused-ring (bicyclic) bond motifs is 2. The number of carbonyl (C=O) groups excluding carboxylic acids is 1. The average molecular weight is 391 g/mol. The Morgan fingerprint density at radius 3 is 2.90 bits per heavy atom. The lowest BCUT2D eigenvalue weighted by Gasteiger charge is -2.11. The molecule has 0 atom stereocenters. The molecule has 1 amide bonds. The van der Waals surface area contributed by atoms with Gasteiger partial charge in [0.15, 0.2) is 0 Å². The fourth-order valence-corrected chi connectivity index (χ4v) is 3.19. The number of carbonyl (C=O) groups is 1. The Labute approximate surface area is 165 Å². The Morgan fingerprint density at radius 2 is 2.14 bits per heavy atom. The minimum absolute atomic E-state index is 0.0987. The highest BCUT2D eigenvalue weighted by atomic mass is 16.3. The summed E-state index contributed by atoms with van der Waals surface area (Å²) < 4.78 is 2.89. The third kappa shape index (κ3) is 3.39. The van der Waals surface area contributed by atoms with Gasteiger partial charge in [0.1, 0.15) is 10.9 Å². The number of hydrogen-bond donors (Lipinski definition) is 3. The maximum atomic E-state index is 13.0. The molecule has 146 valence electrons. The number of anilines is 1. The standard InChI is InChI=1S/C20H18N6O3/c21-17-14(19(28)23-12-13-4-3-6-22-11-13)10-15-18(26(17)8-9-27)24-16-5-1-2-7-25(16)20(15)29/h1-7,10-11,21,27H,8-9,12H2,(H,23,28)/p+1. The van der Waals surface area contributed by atoms with E-state index in [0.29, 0.717) is 11.3 Å². The molecule has 0 aliphatic carbocycles. The Hall–Kier alpha value is -3.85. The molecule has 0 saturated carbocycles. The molecular formula is C20H19N6O3+. The third-order valence-electron chi connectivity index (χ3n) is 4.60. The summed E-state index contributed by atoms with van der Waals surface area (Å²) >= 11 is 0. The van der Waals surface area contributed by atoms with E-state index < -0.39 is 5.91 Å². The van der Waals surface area contributed by atoms with Crippen LogP contribution in [0.4, 0.5) is 5.82 Å². The first kappa shape index (κ1) is 18.5. The van der Waals surface area contributed by atoms with Crippen LogP contribution in [-0.2, 0) is 13.1 Å². The van der Waals surface area contributed by atoms with Crippen LogP contribution in [0.15, 0.2) is 59.8 Å². The zero-order chi connectivity index (χ0) is 20.4. The van der Waals surface area contributed by atoms with Gasteiger partial charge in [0.2, 0.25) is 11.5 Å². The Morgan fingerprint density at radius 1 is 1.28 bits per heavy atom. The second-order valence-electron chi connectivity index (χ2n) is 6.45. The summed E-state index contributed by atoms with van der Waals surface area (Å²) in [5, 5.41) is 12.5. The molecule has 0 unspecified atom stereocenters. The van der Waals surface area contributed by atoms with E-state index in [1.807, 2.05) is 6.07 Å². The van der Waals surface area contributed by atoms with E-state index in [-0.39, 0.29) is 42.0 Å². The van der Waals surface area contributed by atoms with Crippen LogP contribution in [0.1, 0.15) is 15.9 Å². The fourth-order valence-electron chi connectivity index (χ4n) is 3.19. The van der Waals surface area contributed by atoms with Crippen LogP contribution in [0.5, 0.6) is 0 Å². The number of nitrogen functional groups attached to an aromatic ring is 1. The Balaban J connectivity index is 1.84. The molecule has 0 spiro atoms. The molecule has 4 heterocycles. The van der Waals surface area contributed by atoms with Crippen molar-refractivity contribution in [2.75, 3.05) is 12.3 Å². The first-order valence-corrected chi connectivity index (χ1v) is 9.01. The summed E-state index contributed by atoms with van der Waals surface area (Å²) in [7, 11) is 0. The fraction of sp³-hybridized carbons (Fsp3) is 0.150. The highest BCUT2D eigenvalue weighted by Crippen LogP contribution is 2.14. The van der Waals surface area contributed by atoms with Gasteiger partial charge in [-0.15, -0.1) is 0 Å². The number of nitrogens with one attached hydrogen (secondary N) is 1. The smallest absolute Gasteiger partial charge is 0.278 e. The van der Waals surface area contributed by atoms with Crippen molar-refractivity contribution < 1.29 is 14.5 Å². The lowest BCUT2D eigenvalue weighted by Crippen LogP contribution is -2.44. The molecule has 0 radical (unpaired) electrons. The molecular weight excluding hydrogens is 372 g/mol. The van der Waals surface area contributed by atoms with Crippen LogP contribution < -0.4 is 21.2 Å². The molecule has 4 N–H and O–H groups in total. The minimum atomic E-state index is -0.433. The molecule has 4 aromatic heterocycles. The van der Waals surface area contributed by atoms with Crippen molar-refractivity contribution in [1.82, 2.24) is 19.7 Å². The van der Waals surface area contributed by atoms with Crippen molar-refractivity contribution in [2.24, 2.45) is 0 Å². The molecule has 4 aromatic rings. The molecule has 0 bridgehead atoms. The van der Waals surface area contributed by atoms with Crippen molar-refractivity contribution in [3.8, 4) is 0 Å². The number of nitrogens with zero attached hydrogens (tertiary/aromatic N) is 4. The largest absolute Gasteiger partial charge is 0.393 e. The monoisotopic (exact) mass is 391 g/mol. The predicted molar refractivity (Wildman–Crippen MR) is 106 cm³/mol. The minimum Gasteiger partial charge on any atom is -0.393 e. The van der Waals surface area contributed by atoms with E-state index in [4.69, 9.17) is 5.73 Å². The molecule has 9 nitrogen and oxygen atoms in total. The molecule has 0 aromatic carbocycles. The second kappa shape index (κ2) is 7.64. The number of rotatable bonds is 5. The van der Waals surface area contributed by atoms with E-state index in [9.17, 15) is 14.7 Å². The number of amides is 1. The summed E-state index contributed by atoms with van der Waals surface area (Å²) in [6.45, 7) is 0.140. The number of aliphatic hydroxyl groups excluding tert-OH is 1. The van der Waals surface area contributed by atoms with Crippen LogP contribution in [0.25, 0.3) is 16.7 Å². The van der Waals surface area contributed by atoms with Crippen LogP contribution in [0, 0.1) is 0 Å². The first-order valence-electron chi connectivity index (χ1n) is 9.01. The average Bonchev–Trinajstić information content (AvgIpc) is 2.75. The number of hydrogen-bond acceptors (Lipinski definition) is 6. The van der Waals surface area contributed by atoms with Gasteiger partial charge in [-0.1, -0.05) is 17.1 Å². The van der Waals surface area contributed by atoms with E-state index in [1.54, 1.807) is 42.9 Å². The first-order chi connectivity index (χ1) is 14.1. The predicted octanol–water partition coefficient (Wildman–Crippen LogP) is 0.0347. The topological polar surface area (TPSA) is 126 Å². The van der Waals surface area contributed by atoms with Crippen molar-refractivity contribution in [3.05, 3.63) is 76.5 Å². The molecule has 4 rings (SSSR count). The van der Waals surface area contributed by atoms with Crippen molar-refractivity contribution in [3.63, 3.8) is 0 Å². The molecule has 0 aliphatic heterocycles.